The van der Waals surface area contributed by atoms with Crippen molar-refractivity contribution < 1.29 is 24.1 Å². The molecule has 2 aliphatic rings. The number of fused-ring (bicyclic) bond motifs is 1. The number of aliphatic imine (C=N–C) groups is 1. The Morgan fingerprint density at radius 2 is 2.06 bits per heavy atom. The summed E-state index contributed by atoms with van der Waals surface area (Å²) < 4.78 is 23.2. The summed E-state index contributed by atoms with van der Waals surface area (Å²) in [4.78, 5) is 12.6. The van der Waals surface area contributed by atoms with Crippen molar-refractivity contribution in [2.75, 3.05) is 33.5 Å². The van der Waals surface area contributed by atoms with E-state index in [0.717, 1.165) is 58.9 Å². The lowest BCUT2D eigenvalue weighted by Crippen LogP contribution is -2.25. The number of aliphatic hydroxyl groups is 1. The zero-order valence-electron chi connectivity index (χ0n) is 19.2. The highest BCUT2D eigenvalue weighted by molar-refractivity contribution is 8.15. The first-order valence-electron chi connectivity index (χ1n) is 11.6. The number of methoxy groups -OCH3 is 1. The number of aromatic amines is 1. The molecular formula is C25H29N3O5S. The third kappa shape index (κ3) is 5.38. The van der Waals surface area contributed by atoms with Crippen LogP contribution in [0, 0.1) is 0 Å². The fourth-order valence-corrected chi connectivity index (χ4v) is 5.20. The molecule has 2 aliphatic heterocycles. The summed E-state index contributed by atoms with van der Waals surface area (Å²) in [5.74, 6) is 2.08. The van der Waals surface area contributed by atoms with E-state index in [-0.39, 0.29) is 12.7 Å². The zero-order chi connectivity index (χ0) is 23.3. The number of aliphatic hydroxyl groups excluding tert-OH is 1. The van der Waals surface area contributed by atoms with Crippen LogP contribution in [0.3, 0.4) is 0 Å². The number of nitrogens with one attached hydrogen (secondary N) is 1. The van der Waals surface area contributed by atoms with Gasteiger partial charge in [-0.2, -0.15) is 0 Å². The molecule has 5 rings (SSSR count). The molecule has 0 radical (unpaired) electrons. The van der Waals surface area contributed by atoms with Crippen LogP contribution in [0.25, 0.3) is 10.9 Å². The van der Waals surface area contributed by atoms with Crippen LogP contribution in [0.15, 0.2) is 41.5 Å². The van der Waals surface area contributed by atoms with Gasteiger partial charge in [0.2, 0.25) is 0 Å². The van der Waals surface area contributed by atoms with Crippen molar-refractivity contribution in [2.24, 2.45) is 4.99 Å². The summed E-state index contributed by atoms with van der Waals surface area (Å²) in [6, 6.07) is 9.80. The van der Waals surface area contributed by atoms with E-state index in [4.69, 9.17) is 23.9 Å². The summed E-state index contributed by atoms with van der Waals surface area (Å²) in [5.41, 5.74) is 2.73. The van der Waals surface area contributed by atoms with E-state index in [1.165, 1.54) is 0 Å². The quantitative estimate of drug-likeness (QED) is 0.468. The van der Waals surface area contributed by atoms with Crippen molar-refractivity contribution >= 4 is 27.7 Å². The number of thioether (sulfide) groups is 1. The van der Waals surface area contributed by atoms with Crippen molar-refractivity contribution in [1.29, 1.82) is 0 Å². The second-order valence-corrected chi connectivity index (χ2v) is 9.71. The van der Waals surface area contributed by atoms with Crippen LogP contribution < -0.4 is 9.47 Å². The fourth-order valence-electron chi connectivity index (χ4n) is 4.13. The van der Waals surface area contributed by atoms with Crippen molar-refractivity contribution in [3.63, 3.8) is 0 Å². The summed E-state index contributed by atoms with van der Waals surface area (Å²) in [6.07, 6.45) is 4.25. The average molecular weight is 484 g/mol. The predicted molar refractivity (Wildman–Crippen MR) is 132 cm³/mol. The summed E-state index contributed by atoms with van der Waals surface area (Å²) in [6.45, 7) is 2.78. The van der Waals surface area contributed by atoms with Crippen LogP contribution in [0.1, 0.15) is 30.7 Å². The van der Waals surface area contributed by atoms with Crippen molar-refractivity contribution in [2.45, 2.75) is 37.2 Å². The normalized spacial score (nSPS) is 18.9. The number of hydrogen-bond acceptors (Lipinski definition) is 8. The molecule has 0 saturated carbocycles. The summed E-state index contributed by atoms with van der Waals surface area (Å²) >= 11 is 1.71. The Bertz CT molecular complexity index is 1140. The van der Waals surface area contributed by atoms with E-state index < -0.39 is 0 Å². The molecular weight excluding hydrogens is 454 g/mol. The van der Waals surface area contributed by atoms with Gasteiger partial charge in [-0.1, -0.05) is 11.8 Å². The number of pyridine rings is 1. The summed E-state index contributed by atoms with van der Waals surface area (Å²) in [5, 5.41) is 11.5. The van der Waals surface area contributed by atoms with Crippen LogP contribution in [-0.4, -0.2) is 64.9 Å². The highest BCUT2D eigenvalue weighted by atomic mass is 32.2. The Morgan fingerprint density at radius 1 is 1.18 bits per heavy atom. The Kier molecular flexibility index (Phi) is 7.34. The molecule has 34 heavy (non-hydrogen) atoms. The smallest absolute Gasteiger partial charge is 0.147 e. The maximum absolute atomic E-state index is 9.26. The van der Waals surface area contributed by atoms with Gasteiger partial charge in [0, 0.05) is 43.3 Å². The van der Waals surface area contributed by atoms with Crippen molar-refractivity contribution in [1.82, 2.24) is 9.97 Å². The van der Waals surface area contributed by atoms with Crippen LogP contribution >= 0.6 is 11.8 Å². The Hall–Kier alpha value is -2.59. The SMILES string of the molecule is COCc1ccc(Oc2cc(OC3CCOCC3)c3[nH]c(C4=NCC(CCO)S4)cc3c2)cn1. The lowest BCUT2D eigenvalue weighted by molar-refractivity contribution is 0.0260. The Balaban J connectivity index is 1.44. The second-order valence-electron chi connectivity index (χ2n) is 8.42. The van der Waals surface area contributed by atoms with Crippen LogP contribution in [-0.2, 0) is 16.1 Å². The van der Waals surface area contributed by atoms with Crippen molar-refractivity contribution in [3.8, 4) is 17.2 Å². The Morgan fingerprint density at radius 3 is 2.82 bits per heavy atom. The maximum Gasteiger partial charge on any atom is 0.147 e. The van der Waals surface area contributed by atoms with E-state index >= 15 is 0 Å². The summed E-state index contributed by atoms with van der Waals surface area (Å²) in [7, 11) is 1.65. The topological polar surface area (TPSA) is 98.2 Å². The first-order valence-corrected chi connectivity index (χ1v) is 12.4. The minimum absolute atomic E-state index is 0.0982. The molecule has 4 heterocycles. The van der Waals surface area contributed by atoms with Gasteiger partial charge in [-0.3, -0.25) is 9.98 Å². The van der Waals surface area contributed by atoms with Gasteiger partial charge in [0.1, 0.15) is 28.4 Å². The van der Waals surface area contributed by atoms with E-state index in [0.29, 0.717) is 36.6 Å². The monoisotopic (exact) mass is 483 g/mol. The van der Waals surface area contributed by atoms with Gasteiger partial charge < -0.3 is 29.0 Å². The number of rotatable bonds is 9. The van der Waals surface area contributed by atoms with Crippen LogP contribution in [0.2, 0.25) is 0 Å². The molecule has 8 nitrogen and oxygen atoms in total. The highest BCUT2D eigenvalue weighted by Crippen LogP contribution is 2.37. The van der Waals surface area contributed by atoms with Crippen LogP contribution in [0.5, 0.6) is 17.2 Å². The number of benzene rings is 1. The molecule has 0 bridgehead atoms. The molecule has 0 aliphatic carbocycles. The van der Waals surface area contributed by atoms with E-state index in [1.807, 2.05) is 24.3 Å². The van der Waals surface area contributed by atoms with Gasteiger partial charge >= 0.3 is 0 Å². The highest BCUT2D eigenvalue weighted by Gasteiger charge is 2.23. The maximum atomic E-state index is 9.26. The third-order valence-electron chi connectivity index (χ3n) is 5.85. The zero-order valence-corrected chi connectivity index (χ0v) is 20.0. The molecule has 2 aromatic heterocycles. The van der Waals surface area contributed by atoms with Gasteiger partial charge in [-0.25, -0.2) is 0 Å². The molecule has 9 heteroatoms. The third-order valence-corrected chi connectivity index (χ3v) is 7.14. The Labute approximate surface area is 202 Å². The molecule has 1 atom stereocenters. The number of nitrogens with zero attached hydrogens (tertiary/aromatic N) is 2. The predicted octanol–water partition coefficient (Wildman–Crippen LogP) is 4.30. The number of ether oxygens (including phenoxy) is 4. The lowest BCUT2D eigenvalue weighted by Gasteiger charge is -2.24. The van der Waals surface area contributed by atoms with E-state index in [1.54, 1.807) is 25.1 Å². The van der Waals surface area contributed by atoms with Gasteiger partial charge in [0.15, 0.2) is 0 Å². The molecule has 1 aromatic carbocycles. The molecule has 0 spiro atoms. The van der Waals surface area contributed by atoms with E-state index in [2.05, 4.69) is 16.0 Å². The molecule has 1 unspecified atom stereocenters. The first-order chi connectivity index (χ1) is 16.7. The average Bonchev–Trinajstić information content (AvgIpc) is 3.49. The first kappa shape index (κ1) is 23.2. The molecule has 3 aromatic rings. The molecule has 2 N–H and O–H groups in total. The van der Waals surface area contributed by atoms with Crippen LogP contribution in [0.4, 0.5) is 0 Å². The largest absolute Gasteiger partial charge is 0.488 e. The van der Waals surface area contributed by atoms with Crippen molar-refractivity contribution in [3.05, 3.63) is 47.9 Å². The van der Waals surface area contributed by atoms with Gasteiger partial charge in [-0.15, -0.1) is 0 Å². The minimum atomic E-state index is 0.0982. The second kappa shape index (κ2) is 10.8. The van der Waals surface area contributed by atoms with Gasteiger partial charge in [0.05, 0.1) is 49.5 Å². The molecule has 0 amide bonds. The number of aromatic nitrogens is 2. The molecule has 180 valence electrons. The number of H-pyrrole nitrogens is 1. The number of hydrogen-bond donors (Lipinski definition) is 2. The lowest BCUT2D eigenvalue weighted by atomic mass is 10.1. The standard InChI is InChI=1S/C25H29N3O5S/c1-30-15-17-2-3-19(13-26-17)32-20-10-16-11-22(25-27-14-21(34-25)4-7-29)28-24(16)23(12-20)33-18-5-8-31-9-6-18/h2-3,10-13,18,21,28-29H,4-9,14-15H2,1H3. The minimum Gasteiger partial charge on any atom is -0.488 e. The molecule has 1 fully saturated rings. The fraction of sp³-hybridized carbons (Fsp3) is 0.440. The van der Waals surface area contributed by atoms with E-state index in [9.17, 15) is 5.11 Å². The molecule has 1 saturated heterocycles. The van der Waals surface area contributed by atoms with Gasteiger partial charge in [0.25, 0.3) is 0 Å². The van der Waals surface area contributed by atoms with Gasteiger partial charge in [-0.05, 0) is 30.7 Å².